The molecule has 0 heterocycles. The van der Waals surface area contributed by atoms with Crippen LogP contribution in [0.1, 0.15) is 30.1 Å². The van der Waals surface area contributed by atoms with E-state index in [1.807, 2.05) is 6.92 Å². The van der Waals surface area contributed by atoms with Crippen LogP contribution in [0.5, 0.6) is 0 Å². The summed E-state index contributed by atoms with van der Waals surface area (Å²) in [6.45, 7) is 1.90. The van der Waals surface area contributed by atoms with Crippen LogP contribution in [-0.4, -0.2) is 20.4 Å². The van der Waals surface area contributed by atoms with Gasteiger partial charge in [-0.2, -0.15) is 0 Å². The Morgan fingerprint density at radius 2 is 1.95 bits per heavy atom. The van der Waals surface area contributed by atoms with Gasteiger partial charge in [-0.25, -0.2) is 8.42 Å². The standard InChI is InChI=1S/C12H12Cl3NO3S/c1-6(7-2-3-7)16-12(17)9-4-8(13)5-10(11(9)14)20(15,18)19/h4-7H,2-3H2,1H3,(H,16,17). The number of nitrogens with one attached hydrogen (secondary N) is 1. The summed E-state index contributed by atoms with van der Waals surface area (Å²) < 4.78 is 22.8. The van der Waals surface area contributed by atoms with Crippen molar-refractivity contribution in [1.29, 1.82) is 0 Å². The summed E-state index contributed by atoms with van der Waals surface area (Å²) in [6, 6.07) is 2.45. The first kappa shape index (κ1) is 15.9. The molecule has 0 spiro atoms. The minimum absolute atomic E-state index is 0.00546. The largest absolute Gasteiger partial charge is 0.349 e. The van der Waals surface area contributed by atoms with Crippen LogP contribution < -0.4 is 5.32 Å². The Morgan fingerprint density at radius 3 is 2.45 bits per heavy atom. The van der Waals surface area contributed by atoms with E-state index in [1.165, 1.54) is 6.07 Å². The van der Waals surface area contributed by atoms with Crippen LogP contribution in [0.3, 0.4) is 0 Å². The van der Waals surface area contributed by atoms with E-state index < -0.39 is 15.0 Å². The number of carbonyl (C=O) groups excluding carboxylic acids is 1. The summed E-state index contributed by atoms with van der Waals surface area (Å²) in [7, 11) is 1.21. The molecule has 2 rings (SSSR count). The van der Waals surface area contributed by atoms with Gasteiger partial charge in [0.1, 0.15) is 4.90 Å². The lowest BCUT2D eigenvalue weighted by atomic mass is 10.1. The number of benzene rings is 1. The number of rotatable bonds is 4. The molecule has 4 nitrogen and oxygen atoms in total. The fourth-order valence-electron chi connectivity index (χ4n) is 1.91. The number of hydrogen-bond donors (Lipinski definition) is 1. The van der Waals surface area contributed by atoms with Crippen molar-refractivity contribution >= 4 is 48.8 Å². The number of amides is 1. The highest BCUT2D eigenvalue weighted by atomic mass is 35.7. The summed E-state index contributed by atoms with van der Waals surface area (Å²) >= 11 is 11.8. The van der Waals surface area contributed by atoms with Crippen molar-refractivity contribution < 1.29 is 13.2 Å². The quantitative estimate of drug-likeness (QED) is 0.840. The highest BCUT2D eigenvalue weighted by molar-refractivity contribution is 8.13. The summed E-state index contributed by atoms with van der Waals surface area (Å²) in [4.78, 5) is 11.8. The van der Waals surface area contributed by atoms with Crippen LogP contribution in [0, 0.1) is 5.92 Å². The van der Waals surface area contributed by atoms with Crippen molar-refractivity contribution in [2.45, 2.75) is 30.7 Å². The molecule has 20 heavy (non-hydrogen) atoms. The van der Waals surface area contributed by atoms with Gasteiger partial charge in [-0.05, 0) is 37.8 Å². The molecule has 1 aliphatic carbocycles. The average Bonchev–Trinajstić information content (AvgIpc) is 3.13. The molecule has 0 aromatic heterocycles. The van der Waals surface area contributed by atoms with Crippen LogP contribution in [0.15, 0.2) is 17.0 Å². The normalized spacial score (nSPS) is 16.8. The summed E-state index contributed by atoms with van der Waals surface area (Å²) in [5, 5.41) is 2.65. The van der Waals surface area contributed by atoms with Crippen molar-refractivity contribution in [1.82, 2.24) is 5.32 Å². The van der Waals surface area contributed by atoms with E-state index in [0.717, 1.165) is 18.9 Å². The Balaban J connectivity index is 2.35. The summed E-state index contributed by atoms with van der Waals surface area (Å²) in [6.07, 6.45) is 2.15. The molecule has 1 fully saturated rings. The van der Waals surface area contributed by atoms with E-state index >= 15 is 0 Å². The third-order valence-corrected chi connectivity index (χ3v) is 5.28. The lowest BCUT2D eigenvalue weighted by Gasteiger charge is -2.14. The van der Waals surface area contributed by atoms with Gasteiger partial charge in [0.05, 0.1) is 10.6 Å². The van der Waals surface area contributed by atoms with Gasteiger partial charge in [-0.15, -0.1) is 0 Å². The third-order valence-electron chi connectivity index (χ3n) is 3.20. The van der Waals surface area contributed by atoms with Crippen molar-refractivity contribution in [3.63, 3.8) is 0 Å². The van der Waals surface area contributed by atoms with Crippen LogP contribution in [0.2, 0.25) is 10.0 Å². The van der Waals surface area contributed by atoms with Crippen LogP contribution >= 0.6 is 33.9 Å². The molecule has 0 saturated heterocycles. The molecule has 1 aromatic rings. The zero-order valence-corrected chi connectivity index (χ0v) is 13.6. The van der Waals surface area contributed by atoms with Crippen LogP contribution in [-0.2, 0) is 9.05 Å². The minimum atomic E-state index is -4.07. The molecule has 0 aliphatic heterocycles. The van der Waals surface area contributed by atoms with Gasteiger partial charge in [0.15, 0.2) is 0 Å². The van der Waals surface area contributed by atoms with Crippen LogP contribution in [0.25, 0.3) is 0 Å². The lowest BCUT2D eigenvalue weighted by Crippen LogP contribution is -2.34. The highest BCUT2D eigenvalue weighted by Crippen LogP contribution is 2.34. The van der Waals surface area contributed by atoms with Gasteiger partial charge in [0.2, 0.25) is 0 Å². The number of hydrogen-bond acceptors (Lipinski definition) is 3. The maximum absolute atomic E-state index is 12.1. The van der Waals surface area contributed by atoms with Crippen molar-refractivity contribution in [2.24, 2.45) is 5.92 Å². The molecule has 1 unspecified atom stereocenters. The topological polar surface area (TPSA) is 63.2 Å². The first-order valence-corrected chi connectivity index (χ1v) is 9.01. The van der Waals surface area contributed by atoms with Gasteiger partial charge in [0.25, 0.3) is 15.0 Å². The lowest BCUT2D eigenvalue weighted by molar-refractivity contribution is 0.0936. The molecule has 0 bridgehead atoms. The summed E-state index contributed by atoms with van der Waals surface area (Å²) in [5.41, 5.74) is 0.00546. The Bertz CT molecular complexity index is 656. The Morgan fingerprint density at radius 1 is 1.35 bits per heavy atom. The Kier molecular flexibility index (Phi) is 4.54. The molecule has 1 aliphatic rings. The van der Waals surface area contributed by atoms with E-state index in [0.29, 0.717) is 5.92 Å². The molecule has 1 aromatic carbocycles. The van der Waals surface area contributed by atoms with E-state index in [-0.39, 0.29) is 26.5 Å². The number of carbonyl (C=O) groups is 1. The second kappa shape index (κ2) is 5.72. The van der Waals surface area contributed by atoms with Crippen LogP contribution in [0.4, 0.5) is 0 Å². The summed E-state index contributed by atoms with van der Waals surface area (Å²) in [5.74, 6) is 0.00612. The first-order valence-electron chi connectivity index (χ1n) is 5.94. The van der Waals surface area contributed by atoms with Gasteiger partial charge < -0.3 is 5.32 Å². The zero-order chi connectivity index (χ0) is 15.1. The first-order chi connectivity index (χ1) is 9.20. The smallest absolute Gasteiger partial charge is 0.262 e. The molecule has 1 N–H and O–H groups in total. The molecular weight excluding hydrogens is 345 g/mol. The number of halogens is 3. The maximum Gasteiger partial charge on any atom is 0.262 e. The molecule has 1 atom stereocenters. The Labute approximate surface area is 131 Å². The molecule has 8 heteroatoms. The van der Waals surface area contributed by atoms with Gasteiger partial charge >= 0.3 is 0 Å². The highest BCUT2D eigenvalue weighted by Gasteiger charge is 2.30. The predicted octanol–water partition coefficient (Wildman–Crippen LogP) is 3.45. The van der Waals surface area contributed by atoms with Gasteiger partial charge in [-0.1, -0.05) is 23.2 Å². The predicted molar refractivity (Wildman–Crippen MR) is 79.2 cm³/mol. The van der Waals surface area contributed by atoms with E-state index in [1.54, 1.807) is 0 Å². The molecular formula is C12H12Cl3NO3S. The SMILES string of the molecule is CC(NC(=O)c1cc(Cl)cc(S(=O)(=O)Cl)c1Cl)C1CC1. The monoisotopic (exact) mass is 355 g/mol. The second-order valence-electron chi connectivity index (χ2n) is 4.80. The molecule has 1 amide bonds. The third kappa shape index (κ3) is 3.58. The fourth-order valence-corrected chi connectivity index (χ4v) is 3.76. The van der Waals surface area contributed by atoms with E-state index in [2.05, 4.69) is 5.32 Å². The molecule has 1 saturated carbocycles. The van der Waals surface area contributed by atoms with Gasteiger partial charge in [0, 0.05) is 21.7 Å². The van der Waals surface area contributed by atoms with Crippen molar-refractivity contribution in [3.8, 4) is 0 Å². The van der Waals surface area contributed by atoms with Gasteiger partial charge in [-0.3, -0.25) is 4.79 Å². The van der Waals surface area contributed by atoms with Crippen molar-refractivity contribution in [2.75, 3.05) is 0 Å². The van der Waals surface area contributed by atoms with E-state index in [4.69, 9.17) is 33.9 Å². The molecule has 110 valence electrons. The zero-order valence-electron chi connectivity index (χ0n) is 10.5. The average molecular weight is 357 g/mol. The minimum Gasteiger partial charge on any atom is -0.349 e. The maximum atomic E-state index is 12.1. The molecule has 0 radical (unpaired) electrons. The fraction of sp³-hybridized carbons (Fsp3) is 0.417. The van der Waals surface area contributed by atoms with Crippen molar-refractivity contribution in [3.05, 3.63) is 27.7 Å². The second-order valence-corrected chi connectivity index (χ2v) is 8.15. The van der Waals surface area contributed by atoms with E-state index in [9.17, 15) is 13.2 Å². The Hall–Kier alpha value is -0.490.